The summed E-state index contributed by atoms with van der Waals surface area (Å²) in [6.07, 6.45) is 4.85. The Morgan fingerprint density at radius 1 is 0.971 bits per heavy atom. The molecule has 0 spiro atoms. The van der Waals surface area contributed by atoms with E-state index in [1.807, 2.05) is 66.9 Å². The number of para-hydroxylation sites is 2. The number of furan rings is 1. The number of aromatic nitrogens is 2. The van der Waals surface area contributed by atoms with Crippen molar-refractivity contribution in [1.82, 2.24) is 9.78 Å². The molecule has 7 heteroatoms. The topological polar surface area (TPSA) is 57.3 Å². The van der Waals surface area contributed by atoms with Gasteiger partial charge < -0.3 is 9.15 Å². The molecular formula is C27H18Cl2N2O3. The van der Waals surface area contributed by atoms with Gasteiger partial charge in [0, 0.05) is 38.8 Å². The zero-order valence-electron chi connectivity index (χ0n) is 17.8. The van der Waals surface area contributed by atoms with E-state index in [0.717, 1.165) is 16.7 Å². The summed E-state index contributed by atoms with van der Waals surface area (Å²) in [5, 5.41) is 6.59. The summed E-state index contributed by atoms with van der Waals surface area (Å²) in [4.78, 5) is 12.4. The fourth-order valence-electron chi connectivity index (χ4n) is 3.53. The lowest BCUT2D eigenvalue weighted by Crippen LogP contribution is -2.01. The van der Waals surface area contributed by atoms with E-state index in [9.17, 15) is 4.79 Å². The van der Waals surface area contributed by atoms with Gasteiger partial charge in [0.25, 0.3) is 0 Å². The zero-order valence-corrected chi connectivity index (χ0v) is 19.3. The van der Waals surface area contributed by atoms with Crippen molar-refractivity contribution in [3.05, 3.63) is 112 Å². The molecule has 0 saturated carbocycles. The second kappa shape index (κ2) is 9.59. The van der Waals surface area contributed by atoms with Gasteiger partial charge in [-0.1, -0.05) is 65.7 Å². The van der Waals surface area contributed by atoms with Gasteiger partial charge in [-0.3, -0.25) is 0 Å². The van der Waals surface area contributed by atoms with Gasteiger partial charge in [-0.25, -0.2) is 9.48 Å². The lowest BCUT2D eigenvalue weighted by molar-refractivity contribution is -0.138. The highest BCUT2D eigenvalue weighted by molar-refractivity contribution is 6.35. The molecule has 0 aliphatic rings. The van der Waals surface area contributed by atoms with Crippen molar-refractivity contribution < 1.29 is 13.9 Å². The van der Waals surface area contributed by atoms with Gasteiger partial charge in [0.05, 0.1) is 5.69 Å². The predicted molar refractivity (Wildman–Crippen MR) is 134 cm³/mol. The lowest BCUT2D eigenvalue weighted by Gasteiger charge is -2.06. The van der Waals surface area contributed by atoms with Crippen LogP contribution < -0.4 is 0 Å². The summed E-state index contributed by atoms with van der Waals surface area (Å²) in [5.74, 6) is 0.0748. The number of carbonyl (C=O) groups is 1. The van der Waals surface area contributed by atoms with Crippen LogP contribution in [0.15, 0.2) is 95.6 Å². The van der Waals surface area contributed by atoms with E-state index in [2.05, 4.69) is 0 Å². The minimum Gasteiger partial charge on any atom is -0.458 e. The summed E-state index contributed by atoms with van der Waals surface area (Å²) < 4.78 is 13.1. The lowest BCUT2D eigenvalue weighted by atomic mass is 10.2. The number of esters is 1. The summed E-state index contributed by atoms with van der Waals surface area (Å²) in [6.45, 7) is -0.0264. The first-order chi connectivity index (χ1) is 16.6. The number of ether oxygens (including phenoxy) is 1. The number of halogens is 2. The van der Waals surface area contributed by atoms with E-state index in [-0.39, 0.29) is 6.61 Å². The van der Waals surface area contributed by atoms with Crippen LogP contribution >= 0.6 is 23.2 Å². The second-order valence-electron chi connectivity index (χ2n) is 7.50. The van der Waals surface area contributed by atoms with Crippen LogP contribution in [0.25, 0.3) is 34.2 Å². The first-order valence-corrected chi connectivity index (χ1v) is 11.3. The van der Waals surface area contributed by atoms with Gasteiger partial charge in [-0.2, -0.15) is 5.10 Å². The number of nitrogens with zero attached hydrogens (tertiary/aromatic N) is 2. The number of fused-ring (bicyclic) bond motifs is 1. The molecule has 0 bridgehead atoms. The second-order valence-corrected chi connectivity index (χ2v) is 8.32. The number of hydrogen-bond donors (Lipinski definition) is 0. The highest BCUT2D eigenvalue weighted by Crippen LogP contribution is 2.30. The van der Waals surface area contributed by atoms with Crippen LogP contribution in [-0.4, -0.2) is 15.7 Å². The van der Waals surface area contributed by atoms with Gasteiger partial charge in [0.15, 0.2) is 5.76 Å². The van der Waals surface area contributed by atoms with Crippen molar-refractivity contribution in [3.63, 3.8) is 0 Å². The molecule has 0 N–H and O–H groups in total. The normalized spacial score (nSPS) is 11.4. The first kappa shape index (κ1) is 22.0. The van der Waals surface area contributed by atoms with Crippen molar-refractivity contribution in [2.45, 2.75) is 6.61 Å². The Bertz CT molecular complexity index is 1450. The van der Waals surface area contributed by atoms with Crippen molar-refractivity contribution in [1.29, 1.82) is 0 Å². The van der Waals surface area contributed by atoms with Crippen molar-refractivity contribution >= 4 is 46.2 Å². The van der Waals surface area contributed by atoms with Crippen LogP contribution in [0, 0.1) is 0 Å². The molecule has 0 aliphatic carbocycles. The third kappa shape index (κ3) is 4.62. The van der Waals surface area contributed by atoms with Gasteiger partial charge >= 0.3 is 5.97 Å². The van der Waals surface area contributed by atoms with Crippen LogP contribution in [0.3, 0.4) is 0 Å². The summed E-state index contributed by atoms with van der Waals surface area (Å²) >= 11 is 12.3. The predicted octanol–water partition coefficient (Wildman–Crippen LogP) is 7.35. The molecule has 0 saturated heterocycles. The monoisotopic (exact) mass is 488 g/mol. The third-order valence-corrected chi connectivity index (χ3v) is 5.95. The largest absolute Gasteiger partial charge is 0.458 e. The van der Waals surface area contributed by atoms with E-state index in [0.29, 0.717) is 32.6 Å². The van der Waals surface area contributed by atoms with Crippen LogP contribution in [0.1, 0.15) is 11.1 Å². The van der Waals surface area contributed by atoms with Gasteiger partial charge in [-0.05, 0) is 42.5 Å². The molecule has 34 heavy (non-hydrogen) atoms. The SMILES string of the molecule is O=C(C=Cc1cn(-c2ccccc2)nc1-c1cc2ccccc2o1)OCc1c(Cl)cccc1Cl. The quantitative estimate of drug-likeness (QED) is 0.185. The van der Waals surface area contributed by atoms with Crippen LogP contribution in [0.4, 0.5) is 0 Å². The van der Waals surface area contributed by atoms with Gasteiger partial charge in [0.1, 0.15) is 17.9 Å². The first-order valence-electron chi connectivity index (χ1n) is 10.5. The van der Waals surface area contributed by atoms with E-state index >= 15 is 0 Å². The van der Waals surface area contributed by atoms with Gasteiger partial charge in [0.2, 0.25) is 0 Å². The minimum absolute atomic E-state index is 0.0264. The molecule has 0 aliphatic heterocycles. The molecule has 2 heterocycles. The number of hydrogen-bond acceptors (Lipinski definition) is 4. The molecule has 0 fully saturated rings. The van der Waals surface area contributed by atoms with E-state index in [4.69, 9.17) is 37.5 Å². The van der Waals surface area contributed by atoms with Crippen LogP contribution in [0.2, 0.25) is 10.0 Å². The van der Waals surface area contributed by atoms with Crippen molar-refractivity contribution in [3.8, 4) is 17.1 Å². The third-order valence-electron chi connectivity index (χ3n) is 5.24. The summed E-state index contributed by atoms with van der Waals surface area (Å²) in [7, 11) is 0. The molecular weight excluding hydrogens is 471 g/mol. The Morgan fingerprint density at radius 3 is 2.47 bits per heavy atom. The Labute approximate surface area is 205 Å². The summed E-state index contributed by atoms with van der Waals surface area (Å²) in [5.41, 5.74) is 3.52. The molecule has 0 amide bonds. The maximum atomic E-state index is 12.4. The molecule has 3 aromatic carbocycles. The van der Waals surface area contributed by atoms with Crippen molar-refractivity contribution in [2.24, 2.45) is 0 Å². The Kier molecular flexibility index (Phi) is 6.21. The minimum atomic E-state index is -0.529. The van der Waals surface area contributed by atoms with Gasteiger partial charge in [-0.15, -0.1) is 0 Å². The Morgan fingerprint density at radius 2 is 1.71 bits per heavy atom. The Hall–Kier alpha value is -3.80. The highest BCUT2D eigenvalue weighted by Gasteiger charge is 2.15. The molecule has 168 valence electrons. The average Bonchev–Trinajstić information content (AvgIpc) is 3.47. The Balaban J connectivity index is 1.44. The van der Waals surface area contributed by atoms with E-state index in [1.54, 1.807) is 29.0 Å². The zero-order chi connectivity index (χ0) is 23.5. The standard InChI is InChI=1S/C27H18Cl2N2O3/c28-22-10-6-11-23(29)21(22)17-33-26(32)14-13-19-16-31(20-8-2-1-3-9-20)30-27(19)25-15-18-7-4-5-12-24(18)34-25/h1-16H,17H2. The molecule has 0 atom stereocenters. The average molecular weight is 489 g/mol. The number of benzene rings is 3. The van der Waals surface area contributed by atoms with Crippen molar-refractivity contribution in [2.75, 3.05) is 0 Å². The molecule has 5 aromatic rings. The van der Waals surface area contributed by atoms with E-state index < -0.39 is 5.97 Å². The van der Waals surface area contributed by atoms with Crippen LogP contribution in [-0.2, 0) is 16.1 Å². The molecule has 0 radical (unpaired) electrons. The summed E-state index contributed by atoms with van der Waals surface area (Å²) in [6, 6.07) is 24.5. The molecule has 0 unspecified atom stereocenters. The highest BCUT2D eigenvalue weighted by atomic mass is 35.5. The molecule has 5 nitrogen and oxygen atoms in total. The fourth-order valence-corrected chi connectivity index (χ4v) is 4.04. The van der Waals surface area contributed by atoms with E-state index in [1.165, 1.54) is 6.08 Å². The number of carbonyl (C=O) groups excluding carboxylic acids is 1. The smallest absolute Gasteiger partial charge is 0.331 e. The number of rotatable bonds is 6. The molecule has 5 rings (SSSR count). The van der Waals surface area contributed by atoms with Crippen LogP contribution in [0.5, 0.6) is 0 Å². The maximum absolute atomic E-state index is 12.4. The maximum Gasteiger partial charge on any atom is 0.331 e. The fraction of sp³-hybridized carbons (Fsp3) is 0.0370. The molecule has 2 aromatic heterocycles.